The second kappa shape index (κ2) is 7.45. The van der Waals surface area contributed by atoms with Crippen molar-refractivity contribution in [1.82, 2.24) is 10.2 Å². The normalized spacial score (nSPS) is 15.6. The second-order valence-electron chi connectivity index (χ2n) is 6.44. The third-order valence-corrected chi connectivity index (χ3v) is 4.60. The predicted molar refractivity (Wildman–Crippen MR) is 94.5 cm³/mol. The van der Waals surface area contributed by atoms with Crippen molar-refractivity contribution in [2.24, 2.45) is 0 Å². The molecule has 4 nitrogen and oxygen atoms in total. The van der Waals surface area contributed by atoms with E-state index in [1.807, 2.05) is 12.1 Å². The number of carbonyl (C=O) groups is 1. The Morgan fingerprint density at radius 3 is 2.64 bits per heavy atom. The number of likely N-dealkylation sites (tertiary alicyclic amines) is 1. The van der Waals surface area contributed by atoms with Gasteiger partial charge in [-0.1, -0.05) is 18.2 Å². The third kappa shape index (κ3) is 4.04. The Labute approximate surface area is 146 Å². The van der Waals surface area contributed by atoms with Gasteiger partial charge in [-0.3, -0.25) is 4.79 Å². The summed E-state index contributed by atoms with van der Waals surface area (Å²) in [4.78, 5) is 14.8. The van der Waals surface area contributed by atoms with Crippen LogP contribution < -0.4 is 5.32 Å². The zero-order valence-corrected chi connectivity index (χ0v) is 14.1. The summed E-state index contributed by atoms with van der Waals surface area (Å²) in [6.07, 6.45) is 1.90. The van der Waals surface area contributed by atoms with Crippen LogP contribution in [0.1, 0.15) is 28.8 Å². The number of nitrogens with one attached hydrogen (secondary N) is 1. The summed E-state index contributed by atoms with van der Waals surface area (Å²) in [5.41, 5.74) is 2.07. The van der Waals surface area contributed by atoms with E-state index in [4.69, 9.17) is 5.26 Å². The highest BCUT2D eigenvalue weighted by Crippen LogP contribution is 2.23. The van der Waals surface area contributed by atoms with Crippen LogP contribution in [-0.4, -0.2) is 37.0 Å². The van der Waals surface area contributed by atoms with Gasteiger partial charge in [0.15, 0.2) is 0 Å². The lowest BCUT2D eigenvalue weighted by Gasteiger charge is -2.29. The third-order valence-electron chi connectivity index (χ3n) is 4.60. The first-order valence-electron chi connectivity index (χ1n) is 8.36. The summed E-state index contributed by atoms with van der Waals surface area (Å²) >= 11 is 0. The van der Waals surface area contributed by atoms with Crippen molar-refractivity contribution in [3.05, 3.63) is 59.4 Å². The van der Waals surface area contributed by atoms with Crippen LogP contribution in [0.25, 0.3) is 11.1 Å². The summed E-state index contributed by atoms with van der Waals surface area (Å²) < 4.78 is 13.5. The van der Waals surface area contributed by atoms with Crippen LogP contribution >= 0.6 is 0 Å². The van der Waals surface area contributed by atoms with Crippen LogP contribution in [0, 0.1) is 17.1 Å². The van der Waals surface area contributed by atoms with Crippen molar-refractivity contribution >= 4 is 5.91 Å². The molecule has 1 aliphatic heterocycles. The Kier molecular flexibility index (Phi) is 5.11. The number of halogens is 1. The number of hydrogen-bond donors (Lipinski definition) is 1. The molecule has 2 aromatic rings. The molecule has 5 heteroatoms. The minimum absolute atomic E-state index is 0.00122. The van der Waals surface area contributed by atoms with E-state index in [9.17, 15) is 9.18 Å². The van der Waals surface area contributed by atoms with Gasteiger partial charge < -0.3 is 10.2 Å². The Balaban J connectivity index is 1.77. The molecular formula is C20H20FN3O. The number of nitriles is 1. The zero-order valence-electron chi connectivity index (χ0n) is 14.1. The lowest BCUT2D eigenvalue weighted by atomic mass is 10.00. The van der Waals surface area contributed by atoms with Crippen LogP contribution in [0.2, 0.25) is 0 Å². The fourth-order valence-corrected chi connectivity index (χ4v) is 3.05. The number of carbonyl (C=O) groups excluding carboxylic acids is 1. The number of amides is 1. The van der Waals surface area contributed by atoms with Gasteiger partial charge >= 0.3 is 0 Å². The summed E-state index contributed by atoms with van der Waals surface area (Å²) in [5.74, 6) is -0.638. The van der Waals surface area contributed by atoms with E-state index in [1.165, 1.54) is 12.1 Å². The van der Waals surface area contributed by atoms with Crippen LogP contribution in [0.5, 0.6) is 0 Å². The average Bonchev–Trinajstić information content (AvgIpc) is 2.64. The molecule has 1 amide bonds. The maximum Gasteiger partial charge on any atom is 0.251 e. The van der Waals surface area contributed by atoms with Crippen LogP contribution in [0.15, 0.2) is 42.5 Å². The summed E-state index contributed by atoms with van der Waals surface area (Å²) in [6, 6.07) is 13.6. The monoisotopic (exact) mass is 337 g/mol. The van der Waals surface area contributed by atoms with Crippen molar-refractivity contribution in [3.8, 4) is 17.2 Å². The summed E-state index contributed by atoms with van der Waals surface area (Å²) in [6.45, 7) is 1.97. The van der Waals surface area contributed by atoms with Gasteiger partial charge in [-0.25, -0.2) is 4.39 Å². The van der Waals surface area contributed by atoms with Gasteiger partial charge in [-0.05, 0) is 68.4 Å². The Bertz CT molecular complexity index is 820. The summed E-state index contributed by atoms with van der Waals surface area (Å²) in [7, 11) is 2.08. The van der Waals surface area contributed by atoms with Crippen molar-refractivity contribution in [2.75, 3.05) is 20.1 Å². The van der Waals surface area contributed by atoms with E-state index in [0.29, 0.717) is 11.1 Å². The molecule has 3 rings (SSSR count). The minimum Gasteiger partial charge on any atom is -0.349 e. The van der Waals surface area contributed by atoms with Crippen molar-refractivity contribution in [3.63, 3.8) is 0 Å². The second-order valence-corrected chi connectivity index (χ2v) is 6.44. The predicted octanol–water partition coefficient (Wildman–Crippen LogP) is 3.19. The standard InChI is InChI=1S/C20H20FN3O/c1-24-9-7-18(8-10-24)23-20(25)16-4-2-3-14(11-16)15-5-6-19(21)17(12-15)13-22/h2-6,11-12,18H,7-10H2,1H3,(H,23,25). The lowest BCUT2D eigenvalue weighted by molar-refractivity contribution is 0.0917. The van der Waals surface area contributed by atoms with E-state index in [1.54, 1.807) is 24.3 Å². The SMILES string of the molecule is CN1CCC(NC(=O)c2cccc(-c3ccc(F)c(C#N)c3)c2)CC1. The molecule has 2 aromatic carbocycles. The molecule has 25 heavy (non-hydrogen) atoms. The van der Waals surface area contributed by atoms with Gasteiger partial charge in [0.25, 0.3) is 5.91 Å². The van der Waals surface area contributed by atoms with Crippen molar-refractivity contribution in [1.29, 1.82) is 5.26 Å². The summed E-state index contributed by atoms with van der Waals surface area (Å²) in [5, 5.41) is 12.1. The molecule has 0 atom stereocenters. The molecule has 0 bridgehead atoms. The van der Waals surface area contributed by atoms with E-state index in [-0.39, 0.29) is 17.5 Å². The molecule has 128 valence electrons. The fourth-order valence-electron chi connectivity index (χ4n) is 3.05. The zero-order chi connectivity index (χ0) is 17.8. The van der Waals surface area contributed by atoms with Crippen molar-refractivity contribution in [2.45, 2.75) is 18.9 Å². The van der Waals surface area contributed by atoms with Gasteiger partial charge in [-0.2, -0.15) is 5.26 Å². The van der Waals surface area contributed by atoms with E-state index < -0.39 is 5.82 Å². The highest BCUT2D eigenvalue weighted by atomic mass is 19.1. The van der Waals surface area contributed by atoms with Gasteiger partial charge in [-0.15, -0.1) is 0 Å². The molecule has 1 saturated heterocycles. The maximum atomic E-state index is 13.5. The first-order valence-corrected chi connectivity index (χ1v) is 8.36. The largest absolute Gasteiger partial charge is 0.349 e. The molecule has 0 spiro atoms. The Hall–Kier alpha value is -2.71. The molecule has 1 fully saturated rings. The Morgan fingerprint density at radius 2 is 1.92 bits per heavy atom. The van der Waals surface area contributed by atoms with Crippen LogP contribution in [-0.2, 0) is 0 Å². The number of nitrogens with zero attached hydrogens (tertiary/aromatic N) is 2. The lowest BCUT2D eigenvalue weighted by Crippen LogP contribution is -2.43. The highest BCUT2D eigenvalue weighted by molar-refractivity contribution is 5.95. The van der Waals surface area contributed by atoms with Gasteiger partial charge in [0.1, 0.15) is 11.9 Å². The van der Waals surface area contributed by atoms with Crippen LogP contribution in [0.3, 0.4) is 0 Å². The Morgan fingerprint density at radius 1 is 1.20 bits per heavy atom. The van der Waals surface area contributed by atoms with Gasteiger partial charge in [0, 0.05) is 11.6 Å². The molecule has 0 aromatic heterocycles. The fraction of sp³-hybridized carbons (Fsp3) is 0.300. The van der Waals surface area contributed by atoms with Gasteiger partial charge in [0.2, 0.25) is 0 Å². The minimum atomic E-state index is -0.539. The smallest absolute Gasteiger partial charge is 0.251 e. The quantitative estimate of drug-likeness (QED) is 0.936. The van der Waals surface area contributed by atoms with E-state index in [2.05, 4.69) is 17.3 Å². The van der Waals surface area contributed by atoms with Crippen LogP contribution in [0.4, 0.5) is 4.39 Å². The molecule has 1 N–H and O–H groups in total. The van der Waals surface area contributed by atoms with E-state index >= 15 is 0 Å². The molecule has 0 radical (unpaired) electrons. The topological polar surface area (TPSA) is 56.1 Å². The first kappa shape index (κ1) is 17.1. The number of hydrogen-bond acceptors (Lipinski definition) is 3. The number of benzene rings is 2. The highest BCUT2D eigenvalue weighted by Gasteiger charge is 2.19. The van der Waals surface area contributed by atoms with Gasteiger partial charge in [0.05, 0.1) is 5.56 Å². The van der Waals surface area contributed by atoms with Crippen molar-refractivity contribution < 1.29 is 9.18 Å². The first-order chi connectivity index (χ1) is 12.1. The molecule has 0 aliphatic carbocycles. The number of rotatable bonds is 3. The maximum absolute atomic E-state index is 13.5. The number of piperidine rings is 1. The van der Waals surface area contributed by atoms with E-state index in [0.717, 1.165) is 31.5 Å². The molecule has 0 unspecified atom stereocenters. The average molecular weight is 337 g/mol. The molecule has 0 saturated carbocycles. The molecule has 1 heterocycles. The molecule has 1 aliphatic rings. The molecular weight excluding hydrogens is 317 g/mol.